The molecule has 1 aromatic carbocycles. The van der Waals surface area contributed by atoms with Crippen molar-refractivity contribution < 1.29 is 9.18 Å². The number of thioether (sulfide) groups is 1. The van der Waals surface area contributed by atoms with Crippen LogP contribution in [0, 0.1) is 11.7 Å². The number of carbonyl (C=O) groups is 1. The summed E-state index contributed by atoms with van der Waals surface area (Å²) in [6, 6.07) is 3.85. The molecule has 0 bridgehead atoms. The smallest absolute Gasteiger partial charge is 0.234 e. The van der Waals surface area contributed by atoms with Crippen molar-refractivity contribution in [2.45, 2.75) is 43.7 Å². The van der Waals surface area contributed by atoms with E-state index >= 15 is 0 Å². The predicted molar refractivity (Wildman–Crippen MR) is 97.4 cm³/mol. The van der Waals surface area contributed by atoms with E-state index in [1.165, 1.54) is 49.6 Å². The first-order valence-corrected chi connectivity index (χ1v) is 9.75. The van der Waals surface area contributed by atoms with Gasteiger partial charge in [0, 0.05) is 6.42 Å². The quantitative estimate of drug-likeness (QED) is 0.694. The normalized spacial score (nSPS) is 14.8. The zero-order valence-corrected chi connectivity index (χ0v) is 15.3. The molecule has 8 heteroatoms. The lowest BCUT2D eigenvalue weighted by Gasteiger charge is -2.06. The van der Waals surface area contributed by atoms with E-state index in [1.807, 2.05) is 0 Å². The molecule has 3 rings (SSSR count). The van der Waals surface area contributed by atoms with Crippen LogP contribution in [-0.4, -0.2) is 26.8 Å². The van der Waals surface area contributed by atoms with Crippen LogP contribution in [-0.2, 0) is 11.2 Å². The van der Waals surface area contributed by atoms with Gasteiger partial charge in [-0.25, -0.2) is 9.37 Å². The Morgan fingerprint density at radius 3 is 2.96 bits per heavy atom. The molecule has 25 heavy (non-hydrogen) atoms. The molecule has 1 aliphatic carbocycles. The van der Waals surface area contributed by atoms with E-state index in [0.29, 0.717) is 10.8 Å². The second kappa shape index (κ2) is 8.67. The minimum atomic E-state index is -0.441. The maximum Gasteiger partial charge on any atom is 0.234 e. The number of benzene rings is 1. The Balaban J connectivity index is 1.44. The number of aromatic amines is 1. The molecule has 134 valence electrons. The van der Waals surface area contributed by atoms with Crippen molar-refractivity contribution in [1.82, 2.24) is 15.2 Å². The van der Waals surface area contributed by atoms with Crippen LogP contribution in [0.4, 0.5) is 10.1 Å². The summed E-state index contributed by atoms with van der Waals surface area (Å²) >= 11 is 7.14. The average Bonchev–Trinajstić information content (AvgIpc) is 3.25. The topological polar surface area (TPSA) is 70.7 Å². The van der Waals surface area contributed by atoms with Gasteiger partial charge >= 0.3 is 0 Å². The summed E-state index contributed by atoms with van der Waals surface area (Å²) < 4.78 is 13.0. The molecule has 0 radical (unpaired) electrons. The van der Waals surface area contributed by atoms with Crippen molar-refractivity contribution in [2.24, 2.45) is 5.92 Å². The molecule has 1 heterocycles. The Morgan fingerprint density at radius 1 is 1.40 bits per heavy atom. The van der Waals surface area contributed by atoms with Crippen molar-refractivity contribution in [3.63, 3.8) is 0 Å². The highest BCUT2D eigenvalue weighted by atomic mass is 35.5. The molecule has 1 fully saturated rings. The van der Waals surface area contributed by atoms with Gasteiger partial charge in [0.25, 0.3) is 0 Å². The van der Waals surface area contributed by atoms with E-state index in [0.717, 1.165) is 30.7 Å². The van der Waals surface area contributed by atoms with E-state index in [9.17, 15) is 9.18 Å². The molecule has 2 N–H and O–H groups in total. The van der Waals surface area contributed by atoms with E-state index in [2.05, 4.69) is 20.5 Å². The van der Waals surface area contributed by atoms with Gasteiger partial charge in [0.2, 0.25) is 11.1 Å². The maximum atomic E-state index is 13.0. The number of amides is 1. The first-order valence-electron chi connectivity index (χ1n) is 8.39. The fourth-order valence-electron chi connectivity index (χ4n) is 3.00. The zero-order valence-electron chi connectivity index (χ0n) is 13.7. The standard InChI is InChI=1S/C17H20ClFN4OS/c18-13-9-12(19)6-7-14(13)20-16(24)10-25-17-21-15(22-23-17)8-5-11-3-1-2-4-11/h6-7,9,11H,1-5,8,10H2,(H,20,24)(H,21,22,23). The average molecular weight is 383 g/mol. The fraction of sp³-hybridized carbons (Fsp3) is 0.471. The van der Waals surface area contributed by atoms with Gasteiger partial charge < -0.3 is 5.32 Å². The van der Waals surface area contributed by atoms with Gasteiger partial charge in [-0.05, 0) is 30.5 Å². The van der Waals surface area contributed by atoms with E-state index in [-0.39, 0.29) is 16.7 Å². The van der Waals surface area contributed by atoms with Crippen molar-refractivity contribution in [2.75, 3.05) is 11.1 Å². The van der Waals surface area contributed by atoms with Crippen LogP contribution in [0.5, 0.6) is 0 Å². The molecule has 1 saturated carbocycles. The fourth-order valence-corrected chi connectivity index (χ4v) is 3.83. The zero-order chi connectivity index (χ0) is 17.6. The lowest BCUT2D eigenvalue weighted by molar-refractivity contribution is -0.113. The lowest BCUT2D eigenvalue weighted by Crippen LogP contribution is -2.14. The van der Waals surface area contributed by atoms with Crippen LogP contribution in [0.2, 0.25) is 5.02 Å². The summed E-state index contributed by atoms with van der Waals surface area (Å²) in [6.45, 7) is 0. The third-order valence-corrected chi connectivity index (χ3v) is 5.47. The number of H-pyrrole nitrogens is 1. The van der Waals surface area contributed by atoms with Gasteiger partial charge in [0.1, 0.15) is 11.6 Å². The summed E-state index contributed by atoms with van der Waals surface area (Å²) in [7, 11) is 0. The number of halogens is 2. The Labute approximate surface area is 155 Å². The predicted octanol–water partition coefficient (Wildman–Crippen LogP) is 4.45. The molecule has 1 aromatic heterocycles. The van der Waals surface area contributed by atoms with E-state index in [4.69, 9.17) is 11.6 Å². The molecule has 0 spiro atoms. The molecule has 1 amide bonds. The third-order valence-electron chi connectivity index (χ3n) is 4.31. The van der Waals surface area contributed by atoms with Gasteiger partial charge in [-0.15, -0.1) is 5.10 Å². The monoisotopic (exact) mass is 382 g/mol. The minimum Gasteiger partial charge on any atom is -0.324 e. The lowest BCUT2D eigenvalue weighted by atomic mass is 10.0. The van der Waals surface area contributed by atoms with Crippen LogP contribution in [0.15, 0.2) is 23.4 Å². The van der Waals surface area contributed by atoms with Crippen molar-refractivity contribution in [3.05, 3.63) is 34.9 Å². The van der Waals surface area contributed by atoms with Crippen LogP contribution < -0.4 is 5.32 Å². The molecular formula is C17H20ClFN4OS. The van der Waals surface area contributed by atoms with Gasteiger partial charge in [-0.3, -0.25) is 9.89 Å². The highest BCUT2D eigenvalue weighted by molar-refractivity contribution is 7.99. The molecule has 0 unspecified atom stereocenters. The van der Waals surface area contributed by atoms with Gasteiger partial charge in [0.05, 0.1) is 16.5 Å². The number of hydrogen-bond acceptors (Lipinski definition) is 4. The molecule has 0 saturated heterocycles. The minimum absolute atomic E-state index is 0.160. The Bertz CT molecular complexity index is 733. The van der Waals surface area contributed by atoms with Crippen LogP contribution in [0.1, 0.15) is 37.9 Å². The number of rotatable bonds is 7. The Morgan fingerprint density at radius 2 is 2.20 bits per heavy atom. The molecule has 5 nitrogen and oxygen atoms in total. The summed E-state index contributed by atoms with van der Waals surface area (Å²) in [6.07, 6.45) is 7.37. The van der Waals surface area contributed by atoms with E-state index in [1.54, 1.807) is 0 Å². The number of aryl methyl sites for hydroxylation is 1. The van der Waals surface area contributed by atoms with E-state index < -0.39 is 5.82 Å². The molecule has 2 aromatic rings. The number of nitrogens with zero attached hydrogens (tertiary/aromatic N) is 2. The number of anilines is 1. The number of nitrogens with one attached hydrogen (secondary N) is 2. The summed E-state index contributed by atoms with van der Waals surface area (Å²) in [4.78, 5) is 16.4. The van der Waals surface area contributed by atoms with Gasteiger partial charge in [-0.1, -0.05) is 49.0 Å². The third kappa shape index (κ3) is 5.44. The van der Waals surface area contributed by atoms with Gasteiger partial charge in [0.15, 0.2) is 0 Å². The maximum absolute atomic E-state index is 13.0. The molecule has 0 aliphatic heterocycles. The Hall–Kier alpha value is -1.60. The molecule has 1 aliphatic rings. The van der Waals surface area contributed by atoms with Crippen molar-refractivity contribution in [3.8, 4) is 0 Å². The van der Waals surface area contributed by atoms with Crippen molar-refractivity contribution in [1.29, 1.82) is 0 Å². The molecular weight excluding hydrogens is 363 g/mol. The molecule has 0 atom stereocenters. The van der Waals surface area contributed by atoms with Gasteiger partial charge in [-0.2, -0.15) is 0 Å². The second-order valence-corrected chi connectivity index (χ2v) is 7.56. The summed E-state index contributed by atoms with van der Waals surface area (Å²) in [5, 5.41) is 10.5. The first-order chi connectivity index (χ1) is 12.1. The van der Waals surface area contributed by atoms with Crippen LogP contribution in [0.25, 0.3) is 0 Å². The SMILES string of the molecule is O=C(CSc1n[nH]c(CCC2CCCC2)n1)Nc1ccc(F)cc1Cl. The van der Waals surface area contributed by atoms with Crippen molar-refractivity contribution >= 4 is 35.0 Å². The second-order valence-electron chi connectivity index (χ2n) is 6.21. The number of carbonyl (C=O) groups excluding carboxylic acids is 1. The first kappa shape index (κ1) is 18.2. The summed E-state index contributed by atoms with van der Waals surface area (Å²) in [5.41, 5.74) is 0.390. The largest absolute Gasteiger partial charge is 0.324 e. The Kier molecular flexibility index (Phi) is 6.31. The summed E-state index contributed by atoms with van der Waals surface area (Å²) in [5.74, 6) is 1.16. The number of hydrogen-bond donors (Lipinski definition) is 2. The highest BCUT2D eigenvalue weighted by Gasteiger charge is 2.16. The number of aromatic nitrogens is 3. The van der Waals surface area contributed by atoms with Crippen LogP contribution in [0.3, 0.4) is 0 Å². The van der Waals surface area contributed by atoms with Crippen LogP contribution >= 0.6 is 23.4 Å². The highest BCUT2D eigenvalue weighted by Crippen LogP contribution is 2.28.